The zero-order valence-electron chi connectivity index (χ0n) is 11.2. The van der Waals surface area contributed by atoms with E-state index in [1.165, 1.54) is 0 Å². The number of hydrogen-bond acceptors (Lipinski definition) is 4. The number of hydrogen-bond donors (Lipinski definition) is 2. The van der Waals surface area contributed by atoms with Crippen LogP contribution < -0.4 is 5.32 Å². The Morgan fingerprint density at radius 3 is 2.35 bits per heavy atom. The third-order valence-corrected chi connectivity index (χ3v) is 5.19. The molecule has 0 bridgehead atoms. The highest BCUT2D eigenvalue weighted by Gasteiger charge is 2.36. The van der Waals surface area contributed by atoms with Crippen molar-refractivity contribution in [2.45, 2.75) is 25.4 Å². The van der Waals surface area contributed by atoms with Gasteiger partial charge >= 0.3 is 6.18 Å². The van der Waals surface area contributed by atoms with Crippen molar-refractivity contribution in [3.63, 3.8) is 0 Å². The van der Waals surface area contributed by atoms with Crippen LogP contribution in [0.15, 0.2) is 0 Å². The van der Waals surface area contributed by atoms with Crippen LogP contribution in [0.2, 0.25) is 0 Å². The van der Waals surface area contributed by atoms with Crippen LogP contribution in [0.5, 0.6) is 0 Å². The Morgan fingerprint density at radius 2 is 1.85 bits per heavy atom. The molecule has 0 atom stereocenters. The highest BCUT2D eigenvalue weighted by Crippen LogP contribution is 2.21. The molecule has 1 fully saturated rings. The van der Waals surface area contributed by atoms with Crippen LogP contribution in [0, 0.1) is 5.92 Å². The van der Waals surface area contributed by atoms with Gasteiger partial charge in [-0.2, -0.15) is 17.5 Å². The number of aliphatic hydroxyl groups is 1. The molecule has 9 heteroatoms. The molecular weight excluding hydrogens is 297 g/mol. The zero-order chi connectivity index (χ0) is 15.2. The molecule has 0 saturated carbocycles. The van der Waals surface area contributed by atoms with Gasteiger partial charge in [0.25, 0.3) is 0 Å². The predicted molar refractivity (Wildman–Crippen MR) is 68.7 cm³/mol. The SMILES string of the molecule is O=S(=O)(CCC1CCNCC1)N(CCO)CC(F)(F)F. The van der Waals surface area contributed by atoms with Crippen LogP contribution >= 0.6 is 0 Å². The van der Waals surface area contributed by atoms with Crippen molar-refractivity contribution >= 4 is 10.0 Å². The number of alkyl halides is 3. The quantitative estimate of drug-likeness (QED) is 0.720. The minimum absolute atomic E-state index is 0.230. The van der Waals surface area contributed by atoms with Gasteiger partial charge in [0.2, 0.25) is 10.0 Å². The smallest absolute Gasteiger partial charge is 0.395 e. The summed E-state index contributed by atoms with van der Waals surface area (Å²) in [6.45, 7) is -1.06. The van der Waals surface area contributed by atoms with Gasteiger partial charge < -0.3 is 10.4 Å². The number of piperidine rings is 1. The highest BCUT2D eigenvalue weighted by atomic mass is 32.2. The lowest BCUT2D eigenvalue weighted by atomic mass is 9.96. The van der Waals surface area contributed by atoms with Crippen LogP contribution in [-0.4, -0.2) is 62.5 Å². The van der Waals surface area contributed by atoms with Gasteiger partial charge in [-0.05, 0) is 38.3 Å². The average molecular weight is 318 g/mol. The van der Waals surface area contributed by atoms with Gasteiger partial charge in [-0.3, -0.25) is 0 Å². The van der Waals surface area contributed by atoms with E-state index in [0.29, 0.717) is 10.7 Å². The minimum Gasteiger partial charge on any atom is -0.395 e. The molecule has 1 aliphatic rings. The summed E-state index contributed by atoms with van der Waals surface area (Å²) in [7, 11) is -3.98. The van der Waals surface area contributed by atoms with Crippen molar-refractivity contribution < 1.29 is 26.7 Å². The van der Waals surface area contributed by atoms with E-state index in [2.05, 4.69) is 5.32 Å². The Hall–Kier alpha value is -0.380. The van der Waals surface area contributed by atoms with Gasteiger partial charge in [0.1, 0.15) is 6.54 Å². The van der Waals surface area contributed by atoms with Gasteiger partial charge in [-0.25, -0.2) is 8.42 Å². The van der Waals surface area contributed by atoms with E-state index in [-0.39, 0.29) is 11.7 Å². The van der Waals surface area contributed by atoms with E-state index in [4.69, 9.17) is 5.11 Å². The first-order valence-electron chi connectivity index (χ1n) is 6.61. The molecule has 2 N–H and O–H groups in total. The Bertz CT molecular complexity index is 381. The normalized spacial score (nSPS) is 18.6. The fraction of sp³-hybridized carbons (Fsp3) is 1.00. The van der Waals surface area contributed by atoms with Crippen molar-refractivity contribution in [1.29, 1.82) is 0 Å². The molecule has 120 valence electrons. The van der Waals surface area contributed by atoms with E-state index in [1.54, 1.807) is 0 Å². The molecule has 0 radical (unpaired) electrons. The van der Waals surface area contributed by atoms with Gasteiger partial charge in [0, 0.05) is 6.54 Å². The molecule has 1 saturated heterocycles. The lowest BCUT2D eigenvalue weighted by Crippen LogP contribution is -2.42. The van der Waals surface area contributed by atoms with Gasteiger partial charge in [-0.1, -0.05) is 0 Å². The lowest BCUT2D eigenvalue weighted by Gasteiger charge is -2.25. The van der Waals surface area contributed by atoms with E-state index < -0.39 is 35.9 Å². The summed E-state index contributed by atoms with van der Waals surface area (Å²) in [6, 6.07) is 0. The van der Waals surface area contributed by atoms with Gasteiger partial charge in [0.05, 0.1) is 12.4 Å². The summed E-state index contributed by atoms with van der Waals surface area (Å²) >= 11 is 0. The predicted octanol–water partition coefficient (Wildman–Crippen LogP) is 0.563. The summed E-state index contributed by atoms with van der Waals surface area (Å²) in [4.78, 5) is 0. The van der Waals surface area contributed by atoms with Crippen molar-refractivity contribution in [3.05, 3.63) is 0 Å². The number of rotatable bonds is 7. The molecule has 0 spiro atoms. The topological polar surface area (TPSA) is 69.6 Å². The highest BCUT2D eigenvalue weighted by molar-refractivity contribution is 7.89. The second-order valence-electron chi connectivity index (χ2n) is 4.97. The fourth-order valence-electron chi connectivity index (χ4n) is 2.24. The van der Waals surface area contributed by atoms with E-state index in [0.717, 1.165) is 25.9 Å². The first-order valence-corrected chi connectivity index (χ1v) is 8.21. The maximum Gasteiger partial charge on any atom is 0.402 e. The molecule has 0 amide bonds. The Kier molecular flexibility index (Phi) is 6.70. The molecular formula is C11H21F3N2O3S. The Labute approximate surface area is 117 Å². The van der Waals surface area contributed by atoms with E-state index >= 15 is 0 Å². The molecule has 20 heavy (non-hydrogen) atoms. The molecule has 0 aromatic heterocycles. The Balaban J connectivity index is 2.57. The third-order valence-electron chi connectivity index (χ3n) is 3.34. The molecule has 0 aromatic carbocycles. The third kappa shape index (κ3) is 6.38. The molecule has 5 nitrogen and oxygen atoms in total. The first kappa shape index (κ1) is 17.7. The summed E-state index contributed by atoms with van der Waals surface area (Å²) in [5.74, 6) is -0.0683. The largest absolute Gasteiger partial charge is 0.402 e. The number of sulfonamides is 1. The van der Waals surface area contributed by atoms with Crippen LogP contribution in [0.3, 0.4) is 0 Å². The second kappa shape index (κ2) is 7.58. The zero-order valence-corrected chi connectivity index (χ0v) is 12.0. The second-order valence-corrected chi connectivity index (χ2v) is 7.06. The summed E-state index contributed by atoms with van der Waals surface area (Å²) in [5, 5.41) is 11.9. The molecule has 1 heterocycles. The van der Waals surface area contributed by atoms with E-state index in [9.17, 15) is 21.6 Å². The molecule has 1 rings (SSSR count). The maximum absolute atomic E-state index is 12.4. The maximum atomic E-state index is 12.4. The number of halogens is 3. The fourth-order valence-corrected chi connectivity index (χ4v) is 3.84. The van der Waals surface area contributed by atoms with Crippen molar-refractivity contribution in [2.75, 3.05) is 38.5 Å². The van der Waals surface area contributed by atoms with Crippen molar-refractivity contribution in [3.8, 4) is 0 Å². The number of aliphatic hydroxyl groups excluding tert-OH is 1. The average Bonchev–Trinajstić information content (AvgIpc) is 2.36. The number of nitrogens with zero attached hydrogens (tertiary/aromatic N) is 1. The van der Waals surface area contributed by atoms with E-state index in [1.807, 2.05) is 0 Å². The minimum atomic E-state index is -4.60. The Morgan fingerprint density at radius 1 is 1.25 bits per heavy atom. The monoisotopic (exact) mass is 318 g/mol. The standard InChI is InChI=1S/C11H21F3N2O3S/c12-11(13,14)9-16(6-7-17)20(18,19)8-3-10-1-4-15-5-2-10/h10,15,17H,1-9H2. The van der Waals surface area contributed by atoms with Crippen LogP contribution in [0.25, 0.3) is 0 Å². The first-order chi connectivity index (χ1) is 9.24. The molecule has 0 unspecified atom stereocenters. The summed E-state index contributed by atoms with van der Waals surface area (Å²) in [5.41, 5.74) is 0. The van der Waals surface area contributed by atoms with Crippen LogP contribution in [0.4, 0.5) is 13.2 Å². The van der Waals surface area contributed by atoms with Gasteiger partial charge in [-0.15, -0.1) is 0 Å². The van der Waals surface area contributed by atoms with Crippen molar-refractivity contribution in [2.24, 2.45) is 5.92 Å². The molecule has 0 aromatic rings. The summed E-state index contributed by atoms with van der Waals surface area (Å²) in [6.07, 6.45) is -2.55. The van der Waals surface area contributed by atoms with Crippen LogP contribution in [0.1, 0.15) is 19.3 Å². The molecule has 0 aliphatic carbocycles. The number of nitrogens with one attached hydrogen (secondary N) is 1. The van der Waals surface area contributed by atoms with Crippen LogP contribution in [-0.2, 0) is 10.0 Å². The molecule has 1 aliphatic heterocycles. The van der Waals surface area contributed by atoms with Gasteiger partial charge in [0.15, 0.2) is 0 Å². The lowest BCUT2D eigenvalue weighted by molar-refractivity contribution is -0.136. The summed E-state index contributed by atoms with van der Waals surface area (Å²) < 4.78 is 61.3. The van der Waals surface area contributed by atoms with Crippen molar-refractivity contribution in [1.82, 2.24) is 9.62 Å².